The third kappa shape index (κ3) is 9.29. The summed E-state index contributed by atoms with van der Waals surface area (Å²) in [5, 5.41) is 3.52. The van der Waals surface area contributed by atoms with E-state index in [1.165, 1.54) is 37.3 Å². The molecule has 0 fully saturated rings. The van der Waals surface area contributed by atoms with E-state index in [0.717, 1.165) is 33.8 Å². The van der Waals surface area contributed by atoms with Crippen LogP contribution in [0.5, 0.6) is 11.5 Å². The van der Waals surface area contributed by atoms with Gasteiger partial charge < -0.3 is 19.7 Å². The van der Waals surface area contributed by atoms with Crippen molar-refractivity contribution in [1.82, 2.24) is 10.2 Å². The Balaban J connectivity index is 1.82. The quantitative estimate of drug-likeness (QED) is 0.136. The topological polar surface area (TPSA) is 105 Å². The molecule has 4 rings (SSSR count). The summed E-state index contributed by atoms with van der Waals surface area (Å²) in [6, 6.07) is 26.6. The van der Waals surface area contributed by atoms with E-state index in [2.05, 4.69) is 5.32 Å². The maximum Gasteiger partial charge on any atom is 0.264 e. The molecule has 1 unspecified atom stereocenters. The molecule has 1 N–H and O–H groups in total. The molecular weight excluding hydrogens is 650 g/mol. The van der Waals surface area contributed by atoms with Crippen molar-refractivity contribution in [3.05, 3.63) is 119 Å². The molecule has 0 radical (unpaired) electrons. The first-order chi connectivity index (χ1) is 23.1. The number of amides is 2. The number of aryl methyl sites for hydroxylation is 1. The van der Waals surface area contributed by atoms with Gasteiger partial charge in [-0.1, -0.05) is 85.1 Å². The van der Waals surface area contributed by atoms with Gasteiger partial charge in [-0.2, -0.15) is 0 Å². The van der Waals surface area contributed by atoms with E-state index in [1.54, 1.807) is 48.5 Å². The second-order valence-electron chi connectivity index (χ2n) is 11.4. The van der Waals surface area contributed by atoms with Gasteiger partial charge in [-0.15, -0.1) is 0 Å². The van der Waals surface area contributed by atoms with Crippen LogP contribution in [0.4, 0.5) is 5.69 Å². The summed E-state index contributed by atoms with van der Waals surface area (Å²) < 4.78 is 40.5. The summed E-state index contributed by atoms with van der Waals surface area (Å²) in [6.07, 6.45) is 1.88. The molecule has 0 aliphatic heterocycles. The van der Waals surface area contributed by atoms with Gasteiger partial charge in [0.15, 0.2) is 11.5 Å². The molecule has 254 valence electrons. The zero-order valence-electron chi connectivity index (χ0n) is 27.7. The molecule has 9 nitrogen and oxygen atoms in total. The van der Waals surface area contributed by atoms with Gasteiger partial charge in [0.25, 0.3) is 10.0 Å². The summed E-state index contributed by atoms with van der Waals surface area (Å²) in [5.41, 5.74) is 2.66. The highest BCUT2D eigenvalue weighted by molar-refractivity contribution is 7.92. The maximum atomic E-state index is 14.6. The van der Waals surface area contributed by atoms with Gasteiger partial charge in [0, 0.05) is 30.6 Å². The number of hydrogen-bond donors (Lipinski definition) is 1. The number of nitrogens with one attached hydrogen (secondary N) is 1. The second-order valence-corrected chi connectivity index (χ2v) is 13.7. The van der Waals surface area contributed by atoms with Gasteiger partial charge >= 0.3 is 0 Å². The Hall–Kier alpha value is -4.54. The van der Waals surface area contributed by atoms with Crippen molar-refractivity contribution < 1.29 is 27.5 Å². The van der Waals surface area contributed by atoms with Crippen LogP contribution in [0.15, 0.2) is 102 Å². The van der Waals surface area contributed by atoms with Crippen LogP contribution >= 0.6 is 11.6 Å². The number of carbonyl (C=O) groups excluding carboxylic acids is 2. The van der Waals surface area contributed by atoms with Gasteiger partial charge in [0.1, 0.15) is 12.6 Å². The molecule has 0 aromatic heterocycles. The van der Waals surface area contributed by atoms with Gasteiger partial charge in [0.2, 0.25) is 11.8 Å². The third-order valence-corrected chi connectivity index (χ3v) is 9.95. The fourth-order valence-electron chi connectivity index (χ4n) is 5.19. The minimum absolute atomic E-state index is 0.0121. The Kier molecular flexibility index (Phi) is 12.9. The van der Waals surface area contributed by atoms with E-state index < -0.39 is 28.5 Å². The highest BCUT2D eigenvalue weighted by atomic mass is 35.5. The molecule has 0 spiro atoms. The molecule has 1 atom stereocenters. The van der Waals surface area contributed by atoms with Crippen LogP contribution in [0.2, 0.25) is 5.02 Å². The van der Waals surface area contributed by atoms with Crippen molar-refractivity contribution in [3.63, 3.8) is 0 Å². The minimum Gasteiger partial charge on any atom is -0.493 e. The third-order valence-electron chi connectivity index (χ3n) is 7.91. The Morgan fingerprint density at radius 2 is 1.52 bits per heavy atom. The summed E-state index contributed by atoms with van der Waals surface area (Å²) in [5.74, 6) is -0.200. The zero-order chi connectivity index (χ0) is 34.7. The van der Waals surface area contributed by atoms with Gasteiger partial charge in [-0.3, -0.25) is 13.9 Å². The minimum atomic E-state index is -4.27. The molecule has 4 aromatic rings. The maximum absolute atomic E-state index is 14.6. The average molecular weight is 692 g/mol. The number of hydrogen-bond acceptors (Lipinski definition) is 6. The lowest BCUT2D eigenvalue weighted by Crippen LogP contribution is -2.53. The van der Waals surface area contributed by atoms with Crippen molar-refractivity contribution in [2.45, 2.75) is 50.6 Å². The van der Waals surface area contributed by atoms with E-state index in [0.29, 0.717) is 23.1 Å². The Labute approximate surface area is 288 Å². The molecule has 0 saturated heterocycles. The highest BCUT2D eigenvalue weighted by Gasteiger charge is 2.35. The number of carbonyl (C=O) groups is 2. The molecule has 4 aromatic carbocycles. The Morgan fingerprint density at radius 3 is 2.15 bits per heavy atom. The van der Waals surface area contributed by atoms with Crippen molar-refractivity contribution >= 4 is 39.1 Å². The lowest BCUT2D eigenvalue weighted by Gasteiger charge is -2.34. The zero-order valence-corrected chi connectivity index (χ0v) is 29.3. The second kappa shape index (κ2) is 17.0. The van der Waals surface area contributed by atoms with Crippen molar-refractivity contribution in [2.75, 3.05) is 31.6 Å². The first kappa shape index (κ1) is 36.3. The van der Waals surface area contributed by atoms with Crippen molar-refractivity contribution in [1.29, 1.82) is 0 Å². The van der Waals surface area contributed by atoms with Crippen LogP contribution in [0, 0.1) is 6.92 Å². The molecule has 0 aliphatic carbocycles. The van der Waals surface area contributed by atoms with E-state index in [4.69, 9.17) is 21.1 Å². The fraction of sp³-hybridized carbons (Fsp3) is 0.297. The summed E-state index contributed by atoms with van der Waals surface area (Å²) in [6.45, 7) is 3.79. The number of benzene rings is 4. The van der Waals surface area contributed by atoms with Crippen LogP contribution in [0.3, 0.4) is 0 Å². The van der Waals surface area contributed by atoms with Gasteiger partial charge in [-0.05, 0) is 60.9 Å². The molecular formula is C37H42ClN3O6S. The molecule has 0 saturated carbocycles. The highest BCUT2D eigenvalue weighted by Crippen LogP contribution is 2.34. The van der Waals surface area contributed by atoms with Gasteiger partial charge in [0.05, 0.1) is 24.8 Å². The number of halogens is 1. The van der Waals surface area contributed by atoms with E-state index in [1.807, 2.05) is 44.2 Å². The van der Waals surface area contributed by atoms with Crippen molar-refractivity contribution in [3.8, 4) is 11.5 Å². The number of sulfonamides is 1. The lowest BCUT2D eigenvalue weighted by molar-refractivity contribution is -0.140. The van der Waals surface area contributed by atoms with E-state index >= 15 is 0 Å². The van der Waals surface area contributed by atoms with Gasteiger partial charge in [-0.25, -0.2) is 8.42 Å². The first-order valence-corrected chi connectivity index (χ1v) is 17.6. The smallest absolute Gasteiger partial charge is 0.264 e. The number of methoxy groups -OCH3 is 2. The van der Waals surface area contributed by atoms with Crippen molar-refractivity contribution in [2.24, 2.45) is 0 Å². The Morgan fingerprint density at radius 1 is 0.854 bits per heavy atom. The Bertz CT molecular complexity index is 1770. The predicted molar refractivity (Wildman–Crippen MR) is 189 cm³/mol. The fourth-order valence-corrected chi connectivity index (χ4v) is 6.72. The van der Waals surface area contributed by atoms with Crippen LogP contribution in [0.1, 0.15) is 36.5 Å². The molecule has 0 aliphatic rings. The predicted octanol–water partition coefficient (Wildman–Crippen LogP) is 6.42. The monoisotopic (exact) mass is 691 g/mol. The lowest BCUT2D eigenvalue weighted by atomic mass is 10.0. The number of ether oxygens (including phenoxy) is 2. The van der Waals surface area contributed by atoms with Crippen LogP contribution < -0.4 is 19.1 Å². The molecule has 0 heterocycles. The van der Waals surface area contributed by atoms with E-state index in [9.17, 15) is 18.0 Å². The summed E-state index contributed by atoms with van der Waals surface area (Å²) in [7, 11) is -1.34. The summed E-state index contributed by atoms with van der Waals surface area (Å²) in [4.78, 5) is 30.0. The van der Waals surface area contributed by atoms with E-state index in [-0.39, 0.29) is 29.5 Å². The van der Waals surface area contributed by atoms with Crippen LogP contribution in [-0.4, -0.2) is 58.5 Å². The summed E-state index contributed by atoms with van der Waals surface area (Å²) >= 11 is 6.17. The number of unbranched alkanes of at least 4 members (excludes halogenated alkanes) is 1. The van der Waals surface area contributed by atoms with Crippen LogP contribution in [-0.2, 0) is 32.6 Å². The molecule has 2 amide bonds. The average Bonchev–Trinajstić information content (AvgIpc) is 3.09. The molecule has 0 bridgehead atoms. The molecule has 48 heavy (non-hydrogen) atoms. The molecule has 11 heteroatoms. The number of anilines is 1. The number of rotatable bonds is 16. The number of nitrogens with zero attached hydrogens (tertiary/aromatic N) is 2. The van der Waals surface area contributed by atoms with Crippen LogP contribution in [0.25, 0.3) is 0 Å². The standard InChI is InChI=1S/C37H42ClN3O6S/c1-5-6-22-39-37(43)33(23-28-10-8-7-9-11-28)40(25-29-14-16-30(38)17-15-29)36(42)26-41(31-18-21-34(46-3)35(24-31)47-4)48(44,45)32-19-12-27(2)13-20-32/h7-21,24,33H,5-6,22-23,25-26H2,1-4H3,(H,39,43). The normalized spacial score (nSPS) is 11.8. The SMILES string of the molecule is CCCCNC(=O)C(Cc1ccccc1)N(Cc1ccc(Cl)cc1)C(=O)CN(c1ccc(OC)c(OC)c1)S(=O)(=O)c1ccc(C)cc1. The largest absolute Gasteiger partial charge is 0.493 e. The first-order valence-electron chi connectivity index (χ1n) is 15.7.